The number of aromatic nitrogens is 2. The van der Waals surface area contributed by atoms with Gasteiger partial charge in [-0.2, -0.15) is 0 Å². The Morgan fingerprint density at radius 1 is 1.03 bits per heavy atom. The fourth-order valence-corrected chi connectivity index (χ4v) is 3.64. The Morgan fingerprint density at radius 3 is 2.58 bits per heavy atom. The first kappa shape index (κ1) is 20.7. The minimum absolute atomic E-state index is 0.102. The molecule has 2 heterocycles. The van der Waals surface area contributed by atoms with Crippen LogP contribution in [-0.2, 0) is 19.7 Å². The zero-order valence-corrected chi connectivity index (χ0v) is 17.9. The number of pyridine rings is 1. The van der Waals surface area contributed by atoms with Crippen LogP contribution in [0.25, 0.3) is 10.9 Å². The van der Waals surface area contributed by atoms with Gasteiger partial charge in [0.25, 0.3) is 5.91 Å². The standard InChI is InChI=1S/C26H27N3O2/c1-19(2)17-29-23-11-6-12-25(31-18-20-8-4-3-5-9-20)22(23)14-24(29)26(30)28-16-21-10-7-13-27-15-21/h3-15,19H,16-18H2,1-2H3,(H,28,30). The van der Waals surface area contributed by atoms with E-state index in [0.717, 1.165) is 34.3 Å². The molecule has 0 radical (unpaired) electrons. The number of hydrogen-bond acceptors (Lipinski definition) is 3. The highest BCUT2D eigenvalue weighted by atomic mass is 16.5. The molecule has 0 spiro atoms. The molecular formula is C26H27N3O2. The Bertz CT molecular complexity index is 1150. The third-order valence-corrected chi connectivity index (χ3v) is 5.10. The maximum atomic E-state index is 13.1. The molecular weight excluding hydrogens is 386 g/mol. The smallest absolute Gasteiger partial charge is 0.268 e. The molecule has 0 saturated carbocycles. The number of amides is 1. The fourth-order valence-electron chi connectivity index (χ4n) is 3.64. The van der Waals surface area contributed by atoms with Crippen molar-refractivity contribution in [1.29, 1.82) is 0 Å². The summed E-state index contributed by atoms with van der Waals surface area (Å²) >= 11 is 0. The van der Waals surface area contributed by atoms with Gasteiger partial charge < -0.3 is 14.6 Å². The third-order valence-electron chi connectivity index (χ3n) is 5.10. The van der Waals surface area contributed by atoms with E-state index in [9.17, 15) is 4.79 Å². The molecule has 0 aliphatic heterocycles. The summed E-state index contributed by atoms with van der Waals surface area (Å²) in [6.45, 7) is 5.98. The van der Waals surface area contributed by atoms with Crippen LogP contribution in [0.3, 0.4) is 0 Å². The molecule has 2 aromatic heterocycles. The van der Waals surface area contributed by atoms with E-state index in [0.29, 0.717) is 24.8 Å². The number of carbonyl (C=O) groups is 1. The lowest BCUT2D eigenvalue weighted by molar-refractivity contribution is 0.0941. The molecule has 0 aliphatic rings. The summed E-state index contributed by atoms with van der Waals surface area (Å²) in [5, 5.41) is 3.98. The van der Waals surface area contributed by atoms with Crippen LogP contribution >= 0.6 is 0 Å². The lowest BCUT2D eigenvalue weighted by atomic mass is 10.2. The van der Waals surface area contributed by atoms with E-state index in [-0.39, 0.29) is 5.91 Å². The largest absolute Gasteiger partial charge is 0.488 e. The van der Waals surface area contributed by atoms with E-state index < -0.39 is 0 Å². The van der Waals surface area contributed by atoms with Crippen LogP contribution in [-0.4, -0.2) is 15.5 Å². The first-order valence-corrected chi connectivity index (χ1v) is 10.6. The molecule has 0 unspecified atom stereocenters. The van der Waals surface area contributed by atoms with Crippen LogP contribution in [0.5, 0.6) is 5.75 Å². The Kier molecular flexibility index (Phi) is 6.32. The van der Waals surface area contributed by atoms with Crippen molar-refractivity contribution < 1.29 is 9.53 Å². The van der Waals surface area contributed by atoms with Gasteiger partial charge in [0.1, 0.15) is 18.1 Å². The molecule has 1 N–H and O–H groups in total. The van der Waals surface area contributed by atoms with Crippen molar-refractivity contribution in [3.05, 3.63) is 95.9 Å². The monoisotopic (exact) mass is 413 g/mol. The van der Waals surface area contributed by atoms with E-state index in [1.54, 1.807) is 12.4 Å². The van der Waals surface area contributed by atoms with Crippen LogP contribution in [0.2, 0.25) is 0 Å². The van der Waals surface area contributed by atoms with Gasteiger partial charge in [-0.25, -0.2) is 0 Å². The highest BCUT2D eigenvalue weighted by Crippen LogP contribution is 2.30. The molecule has 4 aromatic rings. The third kappa shape index (κ3) is 4.94. The molecule has 0 bridgehead atoms. The van der Waals surface area contributed by atoms with Gasteiger partial charge in [0.15, 0.2) is 0 Å². The van der Waals surface area contributed by atoms with Crippen molar-refractivity contribution in [3.8, 4) is 5.75 Å². The summed E-state index contributed by atoms with van der Waals surface area (Å²) in [6, 6.07) is 21.8. The van der Waals surface area contributed by atoms with Crippen molar-refractivity contribution in [2.24, 2.45) is 5.92 Å². The van der Waals surface area contributed by atoms with Crippen molar-refractivity contribution in [2.75, 3.05) is 0 Å². The molecule has 0 aliphatic carbocycles. The van der Waals surface area contributed by atoms with Gasteiger partial charge >= 0.3 is 0 Å². The normalized spacial score (nSPS) is 11.1. The summed E-state index contributed by atoms with van der Waals surface area (Å²) in [4.78, 5) is 17.2. The van der Waals surface area contributed by atoms with Gasteiger partial charge in [0.2, 0.25) is 0 Å². The van der Waals surface area contributed by atoms with Gasteiger partial charge in [0, 0.05) is 30.9 Å². The molecule has 0 atom stereocenters. The van der Waals surface area contributed by atoms with Crippen LogP contribution in [0.1, 0.15) is 35.5 Å². The summed E-state index contributed by atoms with van der Waals surface area (Å²) in [7, 11) is 0. The van der Waals surface area contributed by atoms with E-state index in [1.165, 1.54) is 0 Å². The predicted molar refractivity (Wildman–Crippen MR) is 123 cm³/mol. The topological polar surface area (TPSA) is 56.2 Å². The lowest BCUT2D eigenvalue weighted by Gasteiger charge is -2.14. The van der Waals surface area contributed by atoms with Crippen molar-refractivity contribution >= 4 is 16.8 Å². The molecule has 0 saturated heterocycles. The minimum Gasteiger partial charge on any atom is -0.488 e. The van der Waals surface area contributed by atoms with Gasteiger partial charge in [-0.05, 0) is 41.3 Å². The maximum Gasteiger partial charge on any atom is 0.268 e. The second kappa shape index (κ2) is 9.47. The highest BCUT2D eigenvalue weighted by Gasteiger charge is 2.18. The van der Waals surface area contributed by atoms with Crippen LogP contribution in [0.4, 0.5) is 0 Å². The van der Waals surface area contributed by atoms with Gasteiger partial charge in [-0.15, -0.1) is 0 Å². The van der Waals surface area contributed by atoms with E-state index in [1.807, 2.05) is 66.7 Å². The Hall–Kier alpha value is -3.60. The van der Waals surface area contributed by atoms with E-state index in [2.05, 4.69) is 28.7 Å². The number of carbonyl (C=O) groups excluding carboxylic acids is 1. The summed E-state index contributed by atoms with van der Waals surface area (Å²) in [5.41, 5.74) is 3.72. The van der Waals surface area contributed by atoms with Crippen molar-refractivity contribution in [2.45, 2.75) is 33.5 Å². The number of hydrogen-bond donors (Lipinski definition) is 1. The van der Waals surface area contributed by atoms with Crippen LogP contribution in [0, 0.1) is 5.92 Å². The first-order chi connectivity index (χ1) is 15.1. The minimum atomic E-state index is -0.102. The molecule has 5 heteroatoms. The molecule has 158 valence electrons. The quantitative estimate of drug-likeness (QED) is 0.432. The second-order valence-electron chi connectivity index (χ2n) is 8.04. The van der Waals surface area contributed by atoms with Crippen molar-refractivity contribution in [1.82, 2.24) is 14.9 Å². The molecule has 0 fully saturated rings. The molecule has 31 heavy (non-hydrogen) atoms. The Labute approximate surface area is 182 Å². The van der Waals surface area contributed by atoms with Gasteiger partial charge in [0.05, 0.1) is 5.52 Å². The van der Waals surface area contributed by atoms with Gasteiger partial charge in [-0.1, -0.05) is 56.3 Å². The number of nitrogens with one attached hydrogen (secondary N) is 1. The molecule has 1 amide bonds. The van der Waals surface area contributed by atoms with Crippen LogP contribution in [0.15, 0.2) is 79.1 Å². The number of rotatable bonds is 8. The Morgan fingerprint density at radius 2 is 1.84 bits per heavy atom. The second-order valence-corrected chi connectivity index (χ2v) is 8.04. The summed E-state index contributed by atoms with van der Waals surface area (Å²) in [6.07, 6.45) is 3.49. The average molecular weight is 414 g/mol. The number of nitrogens with zero attached hydrogens (tertiary/aromatic N) is 2. The zero-order chi connectivity index (χ0) is 21.6. The molecule has 2 aromatic carbocycles. The predicted octanol–water partition coefficient (Wildman–Crippen LogP) is 5.20. The molecule has 4 rings (SSSR count). The lowest BCUT2D eigenvalue weighted by Crippen LogP contribution is -2.26. The fraction of sp³-hybridized carbons (Fsp3) is 0.231. The van der Waals surface area contributed by atoms with E-state index >= 15 is 0 Å². The van der Waals surface area contributed by atoms with Gasteiger partial charge in [-0.3, -0.25) is 9.78 Å². The highest BCUT2D eigenvalue weighted by molar-refractivity contribution is 6.00. The maximum absolute atomic E-state index is 13.1. The van der Waals surface area contributed by atoms with Crippen molar-refractivity contribution in [3.63, 3.8) is 0 Å². The molecule has 5 nitrogen and oxygen atoms in total. The number of benzene rings is 2. The summed E-state index contributed by atoms with van der Waals surface area (Å²) in [5.74, 6) is 1.08. The SMILES string of the molecule is CC(C)Cn1c(C(=O)NCc2cccnc2)cc2c(OCc3ccccc3)cccc21. The first-order valence-electron chi connectivity index (χ1n) is 10.6. The van der Waals surface area contributed by atoms with Crippen LogP contribution < -0.4 is 10.1 Å². The Balaban J connectivity index is 1.63. The van der Waals surface area contributed by atoms with E-state index in [4.69, 9.17) is 4.74 Å². The number of fused-ring (bicyclic) bond motifs is 1. The average Bonchev–Trinajstić information content (AvgIpc) is 3.16. The summed E-state index contributed by atoms with van der Waals surface area (Å²) < 4.78 is 8.23. The number of ether oxygens (including phenoxy) is 1. The zero-order valence-electron chi connectivity index (χ0n) is 17.9.